The van der Waals surface area contributed by atoms with Crippen LogP contribution in [0.3, 0.4) is 0 Å². The van der Waals surface area contributed by atoms with Gasteiger partial charge >= 0.3 is 0 Å². The number of hydrogen-bond donors (Lipinski definition) is 2. The summed E-state index contributed by atoms with van der Waals surface area (Å²) in [5.41, 5.74) is 3.92. The third-order valence-corrected chi connectivity index (χ3v) is 4.02. The van der Waals surface area contributed by atoms with Crippen LogP contribution in [0, 0.1) is 13.8 Å². The second-order valence-electron chi connectivity index (χ2n) is 6.01. The van der Waals surface area contributed by atoms with Crippen LogP contribution in [0.25, 0.3) is 0 Å². The summed E-state index contributed by atoms with van der Waals surface area (Å²) in [6, 6.07) is 10.4. The van der Waals surface area contributed by atoms with E-state index in [4.69, 9.17) is 0 Å². The fourth-order valence-corrected chi connectivity index (χ4v) is 2.43. The van der Waals surface area contributed by atoms with E-state index >= 15 is 0 Å². The Kier molecular flexibility index (Phi) is 5.60. The Bertz CT molecular complexity index is 828. The van der Waals surface area contributed by atoms with Crippen LogP contribution < -0.4 is 5.32 Å². The van der Waals surface area contributed by atoms with Gasteiger partial charge in [-0.25, -0.2) is 0 Å². The predicted molar refractivity (Wildman–Crippen MR) is 98.6 cm³/mol. The zero-order valence-electron chi connectivity index (χ0n) is 14.7. The molecule has 0 aromatic heterocycles. The van der Waals surface area contributed by atoms with Crippen LogP contribution in [0.15, 0.2) is 49.1 Å². The van der Waals surface area contributed by atoms with Crippen LogP contribution in [-0.2, 0) is 11.3 Å². The first kappa shape index (κ1) is 18.3. The van der Waals surface area contributed by atoms with Crippen LogP contribution >= 0.6 is 0 Å². The summed E-state index contributed by atoms with van der Waals surface area (Å²) < 4.78 is 0. The van der Waals surface area contributed by atoms with Crippen molar-refractivity contribution in [3.63, 3.8) is 0 Å². The highest BCUT2D eigenvalue weighted by Gasteiger charge is 2.17. The standard InChI is InChI=1S/C20H22N2O3/c1-5-19(24)21-16-8-9-18(23)17(11-16)20(25)22(4)12-15-7-6-13(2)14(3)10-15/h5-11,23H,1,12H2,2-4H3,(H,21,24). The number of phenols is 1. The number of aromatic hydroxyl groups is 1. The molecule has 2 aromatic rings. The molecule has 2 aromatic carbocycles. The van der Waals surface area contributed by atoms with Crippen molar-refractivity contribution in [2.75, 3.05) is 12.4 Å². The molecule has 0 saturated heterocycles. The molecular weight excluding hydrogens is 316 g/mol. The number of rotatable bonds is 5. The number of amides is 2. The molecule has 0 heterocycles. The van der Waals surface area contributed by atoms with Crippen LogP contribution in [0.5, 0.6) is 5.75 Å². The number of nitrogens with one attached hydrogen (secondary N) is 1. The fourth-order valence-electron chi connectivity index (χ4n) is 2.43. The van der Waals surface area contributed by atoms with Gasteiger partial charge in [-0.3, -0.25) is 9.59 Å². The molecule has 0 aliphatic rings. The summed E-state index contributed by atoms with van der Waals surface area (Å²) in [5.74, 6) is -0.841. The van der Waals surface area contributed by atoms with Crippen molar-refractivity contribution < 1.29 is 14.7 Å². The molecule has 0 spiro atoms. The van der Waals surface area contributed by atoms with E-state index in [1.807, 2.05) is 32.0 Å². The maximum Gasteiger partial charge on any atom is 0.257 e. The van der Waals surface area contributed by atoms with Gasteiger partial charge in [-0.15, -0.1) is 0 Å². The highest BCUT2D eigenvalue weighted by Crippen LogP contribution is 2.23. The van der Waals surface area contributed by atoms with E-state index in [2.05, 4.69) is 11.9 Å². The van der Waals surface area contributed by atoms with Gasteiger partial charge in [0, 0.05) is 19.3 Å². The van der Waals surface area contributed by atoms with Gasteiger partial charge in [-0.2, -0.15) is 0 Å². The van der Waals surface area contributed by atoms with Gasteiger partial charge in [-0.1, -0.05) is 24.8 Å². The van der Waals surface area contributed by atoms with E-state index < -0.39 is 0 Å². The molecule has 130 valence electrons. The molecule has 0 saturated carbocycles. The first-order valence-corrected chi connectivity index (χ1v) is 7.90. The summed E-state index contributed by atoms with van der Waals surface area (Å²) in [6.45, 7) is 7.87. The zero-order chi connectivity index (χ0) is 18.6. The Balaban J connectivity index is 2.20. The molecule has 2 amide bonds. The Morgan fingerprint density at radius 2 is 1.88 bits per heavy atom. The second kappa shape index (κ2) is 7.66. The normalized spacial score (nSPS) is 10.2. The highest BCUT2D eigenvalue weighted by atomic mass is 16.3. The molecule has 0 unspecified atom stereocenters. The van der Waals surface area contributed by atoms with Gasteiger partial charge in [0.2, 0.25) is 5.91 Å². The smallest absolute Gasteiger partial charge is 0.257 e. The summed E-state index contributed by atoms with van der Waals surface area (Å²) in [6.07, 6.45) is 1.14. The van der Waals surface area contributed by atoms with E-state index in [9.17, 15) is 14.7 Å². The van der Waals surface area contributed by atoms with Crippen LogP contribution in [0.1, 0.15) is 27.0 Å². The van der Waals surface area contributed by atoms with Crippen molar-refractivity contribution in [3.05, 3.63) is 71.3 Å². The largest absolute Gasteiger partial charge is 0.507 e. The molecule has 0 bridgehead atoms. The number of benzene rings is 2. The highest BCUT2D eigenvalue weighted by molar-refractivity contribution is 6.01. The van der Waals surface area contributed by atoms with Crippen molar-refractivity contribution in [2.24, 2.45) is 0 Å². The molecular formula is C20H22N2O3. The number of phenolic OH excluding ortho intramolecular Hbond substituents is 1. The van der Waals surface area contributed by atoms with Crippen molar-refractivity contribution in [1.29, 1.82) is 0 Å². The fraction of sp³-hybridized carbons (Fsp3) is 0.200. The summed E-state index contributed by atoms with van der Waals surface area (Å²) >= 11 is 0. The first-order valence-electron chi connectivity index (χ1n) is 7.90. The number of nitrogens with zero attached hydrogens (tertiary/aromatic N) is 1. The summed E-state index contributed by atoms with van der Waals surface area (Å²) in [5, 5.41) is 12.6. The lowest BCUT2D eigenvalue weighted by Crippen LogP contribution is -2.26. The molecule has 0 aliphatic carbocycles. The second-order valence-corrected chi connectivity index (χ2v) is 6.01. The quantitative estimate of drug-likeness (QED) is 0.648. The zero-order valence-corrected chi connectivity index (χ0v) is 14.7. The lowest BCUT2D eigenvalue weighted by molar-refractivity contribution is -0.111. The third kappa shape index (κ3) is 4.47. The van der Waals surface area contributed by atoms with Gasteiger partial charge in [0.05, 0.1) is 5.56 Å². The van der Waals surface area contributed by atoms with Crippen molar-refractivity contribution in [2.45, 2.75) is 20.4 Å². The van der Waals surface area contributed by atoms with Gasteiger partial charge in [0.25, 0.3) is 5.91 Å². The van der Waals surface area contributed by atoms with E-state index in [0.717, 1.165) is 17.2 Å². The number of carbonyl (C=O) groups excluding carboxylic acids is 2. The van der Waals surface area contributed by atoms with E-state index in [1.165, 1.54) is 28.7 Å². The summed E-state index contributed by atoms with van der Waals surface area (Å²) in [4.78, 5) is 25.6. The lowest BCUT2D eigenvalue weighted by atomic mass is 10.1. The monoisotopic (exact) mass is 338 g/mol. The number of hydrogen-bond acceptors (Lipinski definition) is 3. The molecule has 2 rings (SSSR count). The Morgan fingerprint density at radius 1 is 1.16 bits per heavy atom. The first-order chi connectivity index (χ1) is 11.8. The average molecular weight is 338 g/mol. The lowest BCUT2D eigenvalue weighted by Gasteiger charge is -2.19. The Morgan fingerprint density at radius 3 is 2.52 bits per heavy atom. The maximum absolute atomic E-state index is 12.7. The van der Waals surface area contributed by atoms with Gasteiger partial charge < -0.3 is 15.3 Å². The van der Waals surface area contributed by atoms with Crippen molar-refractivity contribution in [1.82, 2.24) is 4.90 Å². The predicted octanol–water partition coefficient (Wildman–Crippen LogP) is 3.41. The molecule has 0 aliphatic heterocycles. The van der Waals surface area contributed by atoms with Crippen LogP contribution in [0.4, 0.5) is 5.69 Å². The molecule has 25 heavy (non-hydrogen) atoms. The molecule has 5 nitrogen and oxygen atoms in total. The van der Waals surface area contributed by atoms with Crippen LogP contribution in [0.2, 0.25) is 0 Å². The maximum atomic E-state index is 12.7. The topological polar surface area (TPSA) is 69.6 Å². The molecule has 2 N–H and O–H groups in total. The van der Waals surface area contributed by atoms with Gasteiger partial charge in [0.15, 0.2) is 0 Å². The third-order valence-electron chi connectivity index (χ3n) is 4.02. The minimum absolute atomic E-state index is 0.131. The Hall–Kier alpha value is -3.08. The average Bonchev–Trinajstić information content (AvgIpc) is 2.59. The SMILES string of the molecule is C=CC(=O)Nc1ccc(O)c(C(=O)N(C)Cc2ccc(C)c(C)c2)c1. The molecule has 0 radical (unpaired) electrons. The molecule has 0 fully saturated rings. The van der Waals surface area contributed by atoms with Gasteiger partial charge in [-0.05, 0) is 54.8 Å². The van der Waals surface area contributed by atoms with E-state index in [-0.39, 0.29) is 23.1 Å². The van der Waals surface area contributed by atoms with Gasteiger partial charge in [0.1, 0.15) is 5.75 Å². The minimum atomic E-state index is -0.382. The van der Waals surface area contributed by atoms with Crippen molar-refractivity contribution in [3.8, 4) is 5.75 Å². The number of carbonyl (C=O) groups is 2. The Labute approximate surface area is 147 Å². The van der Waals surface area contributed by atoms with E-state index in [0.29, 0.717) is 12.2 Å². The molecule has 5 heteroatoms. The van der Waals surface area contributed by atoms with Crippen LogP contribution in [-0.4, -0.2) is 28.9 Å². The van der Waals surface area contributed by atoms with E-state index in [1.54, 1.807) is 7.05 Å². The minimum Gasteiger partial charge on any atom is -0.507 e. The summed E-state index contributed by atoms with van der Waals surface area (Å²) in [7, 11) is 1.67. The molecule has 0 atom stereocenters. The number of aryl methyl sites for hydroxylation is 2. The van der Waals surface area contributed by atoms with Crippen molar-refractivity contribution >= 4 is 17.5 Å². The number of anilines is 1.